The number of primary amides is 1. The third-order valence-electron chi connectivity index (χ3n) is 3.94. The lowest BCUT2D eigenvalue weighted by Gasteiger charge is -2.04. The predicted octanol–water partition coefficient (Wildman–Crippen LogP) is 3.99. The SMILES string of the molecule is Cc1sc(NC(=O)CSCc2coc(-c3ccccc3)n2)c(C(N)=O)c1C. The van der Waals surface area contributed by atoms with Gasteiger partial charge in [-0.3, -0.25) is 9.59 Å². The summed E-state index contributed by atoms with van der Waals surface area (Å²) in [6.45, 7) is 3.72. The van der Waals surface area contributed by atoms with Crippen molar-refractivity contribution in [3.63, 3.8) is 0 Å². The molecule has 3 N–H and O–H groups in total. The number of nitrogens with zero attached hydrogens (tertiary/aromatic N) is 1. The van der Waals surface area contributed by atoms with E-state index in [9.17, 15) is 9.59 Å². The zero-order valence-corrected chi connectivity index (χ0v) is 16.6. The molecule has 6 nitrogen and oxygen atoms in total. The van der Waals surface area contributed by atoms with Crippen LogP contribution in [0.25, 0.3) is 11.5 Å². The third-order valence-corrected chi connectivity index (χ3v) is 6.03. The van der Waals surface area contributed by atoms with Crippen LogP contribution in [0, 0.1) is 13.8 Å². The van der Waals surface area contributed by atoms with Crippen LogP contribution in [0.3, 0.4) is 0 Å². The Kier molecular flexibility index (Phi) is 5.98. The molecule has 0 atom stereocenters. The van der Waals surface area contributed by atoms with Crippen molar-refractivity contribution in [2.45, 2.75) is 19.6 Å². The van der Waals surface area contributed by atoms with E-state index < -0.39 is 5.91 Å². The average molecular weight is 402 g/mol. The Morgan fingerprint density at radius 3 is 2.70 bits per heavy atom. The van der Waals surface area contributed by atoms with Crippen molar-refractivity contribution in [1.82, 2.24) is 4.98 Å². The molecule has 0 aliphatic carbocycles. The Morgan fingerprint density at radius 2 is 2.00 bits per heavy atom. The van der Waals surface area contributed by atoms with Crippen molar-refractivity contribution in [2.75, 3.05) is 11.1 Å². The number of benzene rings is 1. The number of nitrogens with two attached hydrogens (primary N) is 1. The number of oxazole rings is 1. The van der Waals surface area contributed by atoms with Gasteiger partial charge in [0.1, 0.15) is 11.3 Å². The molecule has 2 heterocycles. The van der Waals surface area contributed by atoms with Crippen LogP contribution in [0.2, 0.25) is 0 Å². The number of hydrogen-bond donors (Lipinski definition) is 2. The average Bonchev–Trinajstić information content (AvgIpc) is 3.21. The number of rotatable bonds is 7. The first-order chi connectivity index (χ1) is 13.0. The molecule has 0 aliphatic heterocycles. The zero-order valence-electron chi connectivity index (χ0n) is 14.9. The second-order valence-electron chi connectivity index (χ2n) is 5.90. The summed E-state index contributed by atoms with van der Waals surface area (Å²) >= 11 is 2.78. The van der Waals surface area contributed by atoms with Crippen molar-refractivity contribution < 1.29 is 14.0 Å². The number of anilines is 1. The number of thiophene rings is 1. The summed E-state index contributed by atoms with van der Waals surface area (Å²) in [5.41, 5.74) is 8.31. The Hall–Kier alpha value is -2.58. The molecule has 0 bridgehead atoms. The van der Waals surface area contributed by atoms with E-state index in [2.05, 4.69) is 10.3 Å². The van der Waals surface area contributed by atoms with Crippen LogP contribution < -0.4 is 11.1 Å². The van der Waals surface area contributed by atoms with Gasteiger partial charge in [-0.15, -0.1) is 23.1 Å². The lowest BCUT2D eigenvalue weighted by Crippen LogP contribution is -2.18. The molecule has 0 spiro atoms. The topological polar surface area (TPSA) is 98.2 Å². The van der Waals surface area contributed by atoms with Gasteiger partial charge in [-0.1, -0.05) is 18.2 Å². The van der Waals surface area contributed by atoms with E-state index in [1.807, 2.05) is 44.2 Å². The number of nitrogens with one attached hydrogen (secondary N) is 1. The minimum absolute atomic E-state index is 0.185. The standard InChI is InChI=1S/C19H19N3O3S2/c1-11-12(2)27-19(16(11)17(20)24)22-15(23)10-26-9-14-8-25-18(21-14)13-6-4-3-5-7-13/h3-8H,9-10H2,1-2H3,(H2,20,24)(H,22,23). The van der Waals surface area contributed by atoms with Gasteiger partial charge in [0.25, 0.3) is 5.91 Å². The fourth-order valence-corrected chi connectivity index (χ4v) is 4.29. The van der Waals surface area contributed by atoms with Gasteiger partial charge in [-0.25, -0.2) is 4.98 Å². The molecule has 3 aromatic rings. The summed E-state index contributed by atoms with van der Waals surface area (Å²) in [5, 5.41) is 3.30. The fourth-order valence-electron chi connectivity index (χ4n) is 2.51. The summed E-state index contributed by atoms with van der Waals surface area (Å²) in [6, 6.07) is 9.64. The van der Waals surface area contributed by atoms with Gasteiger partial charge < -0.3 is 15.5 Å². The number of aryl methyl sites for hydroxylation is 1. The molecular formula is C19H19N3O3S2. The molecule has 27 heavy (non-hydrogen) atoms. The normalized spacial score (nSPS) is 10.7. The monoisotopic (exact) mass is 401 g/mol. The van der Waals surface area contributed by atoms with E-state index in [1.54, 1.807) is 6.26 Å². The van der Waals surface area contributed by atoms with Gasteiger partial charge in [0.2, 0.25) is 11.8 Å². The second-order valence-corrected chi connectivity index (χ2v) is 8.11. The van der Waals surface area contributed by atoms with Crippen molar-refractivity contribution in [2.24, 2.45) is 5.73 Å². The number of carbonyl (C=O) groups excluding carboxylic acids is 2. The first kappa shape index (κ1) is 19.2. The Balaban J connectivity index is 1.54. The number of amides is 2. The highest BCUT2D eigenvalue weighted by atomic mass is 32.2. The van der Waals surface area contributed by atoms with Crippen LogP contribution in [0.1, 0.15) is 26.5 Å². The van der Waals surface area contributed by atoms with Crippen LogP contribution >= 0.6 is 23.1 Å². The maximum Gasteiger partial charge on any atom is 0.251 e. The molecule has 0 saturated heterocycles. The number of hydrogen-bond acceptors (Lipinski definition) is 6. The van der Waals surface area contributed by atoms with E-state index in [0.717, 1.165) is 21.7 Å². The first-order valence-corrected chi connectivity index (χ1v) is 10.2. The quantitative estimate of drug-likeness (QED) is 0.624. The highest BCUT2D eigenvalue weighted by molar-refractivity contribution is 7.99. The van der Waals surface area contributed by atoms with Crippen LogP contribution in [-0.2, 0) is 10.5 Å². The van der Waals surface area contributed by atoms with Crippen LogP contribution in [0.4, 0.5) is 5.00 Å². The third kappa shape index (κ3) is 4.58. The van der Waals surface area contributed by atoms with Crippen molar-refractivity contribution in [3.8, 4) is 11.5 Å². The maximum absolute atomic E-state index is 12.2. The number of carbonyl (C=O) groups is 2. The molecule has 140 valence electrons. The van der Waals surface area contributed by atoms with Gasteiger partial charge >= 0.3 is 0 Å². The Labute approximate surface area is 165 Å². The molecule has 0 fully saturated rings. The van der Waals surface area contributed by atoms with Crippen LogP contribution in [0.5, 0.6) is 0 Å². The first-order valence-electron chi connectivity index (χ1n) is 8.23. The molecule has 2 aromatic heterocycles. The van der Waals surface area contributed by atoms with Crippen LogP contribution in [-0.4, -0.2) is 22.6 Å². The molecule has 0 unspecified atom stereocenters. The summed E-state index contributed by atoms with van der Waals surface area (Å²) in [5.74, 6) is 0.633. The Morgan fingerprint density at radius 1 is 1.26 bits per heavy atom. The molecule has 2 amide bonds. The summed E-state index contributed by atoms with van der Waals surface area (Å²) in [7, 11) is 0. The van der Waals surface area contributed by atoms with Gasteiger partial charge in [-0.05, 0) is 31.5 Å². The van der Waals surface area contributed by atoms with E-state index in [-0.39, 0.29) is 11.7 Å². The smallest absolute Gasteiger partial charge is 0.251 e. The van der Waals surface area contributed by atoms with E-state index in [0.29, 0.717) is 22.2 Å². The van der Waals surface area contributed by atoms with E-state index in [4.69, 9.17) is 10.2 Å². The highest BCUT2D eigenvalue weighted by Crippen LogP contribution is 2.32. The van der Waals surface area contributed by atoms with Crippen molar-refractivity contribution in [3.05, 3.63) is 58.3 Å². The summed E-state index contributed by atoms with van der Waals surface area (Å²) in [6.07, 6.45) is 1.60. The van der Waals surface area contributed by atoms with Crippen LogP contribution in [0.15, 0.2) is 41.0 Å². The molecule has 0 radical (unpaired) electrons. The minimum Gasteiger partial charge on any atom is -0.444 e. The zero-order chi connectivity index (χ0) is 19.4. The number of thioether (sulfide) groups is 1. The molecular weight excluding hydrogens is 382 g/mol. The summed E-state index contributed by atoms with van der Waals surface area (Å²) in [4.78, 5) is 29.2. The largest absolute Gasteiger partial charge is 0.444 e. The van der Waals surface area contributed by atoms with Gasteiger partial charge in [0.15, 0.2) is 0 Å². The molecule has 3 rings (SSSR count). The molecule has 0 saturated carbocycles. The number of aromatic nitrogens is 1. The van der Waals surface area contributed by atoms with Crippen molar-refractivity contribution in [1.29, 1.82) is 0 Å². The summed E-state index contributed by atoms with van der Waals surface area (Å²) < 4.78 is 5.49. The van der Waals surface area contributed by atoms with Gasteiger partial charge in [-0.2, -0.15) is 0 Å². The van der Waals surface area contributed by atoms with Gasteiger partial charge in [0.05, 0.1) is 17.0 Å². The lowest BCUT2D eigenvalue weighted by molar-refractivity contribution is -0.113. The van der Waals surface area contributed by atoms with Crippen molar-refractivity contribution >= 4 is 39.9 Å². The Bertz CT molecular complexity index is 964. The maximum atomic E-state index is 12.2. The predicted molar refractivity (Wildman–Crippen MR) is 109 cm³/mol. The highest BCUT2D eigenvalue weighted by Gasteiger charge is 2.19. The lowest BCUT2D eigenvalue weighted by atomic mass is 10.1. The fraction of sp³-hybridized carbons (Fsp3) is 0.211. The minimum atomic E-state index is -0.532. The molecule has 0 aliphatic rings. The van der Waals surface area contributed by atoms with Gasteiger partial charge in [0, 0.05) is 16.2 Å². The molecule has 1 aromatic carbocycles. The van der Waals surface area contributed by atoms with E-state index in [1.165, 1.54) is 23.1 Å². The van der Waals surface area contributed by atoms with E-state index >= 15 is 0 Å². The molecule has 8 heteroatoms. The second kappa shape index (κ2) is 8.41.